The Morgan fingerprint density at radius 3 is 2.44 bits per heavy atom. The first-order valence-corrected chi connectivity index (χ1v) is 12.7. The van der Waals surface area contributed by atoms with Crippen LogP contribution in [0.3, 0.4) is 0 Å². The standard InChI is InChI=1S/C28H32N2O3S/c1-4-33-28(32)23-16-11-17-30(18-23)25(21-12-7-5-8-13-21)24-19(2)20(3)34-27(24)29-26(31)22-14-9-6-10-15-22/h5-10,12-15,23,25H,4,11,16-18H2,1-3H3,(H,29,31)/t23-,25-/m1/s1. The molecule has 0 spiro atoms. The molecule has 2 heterocycles. The highest BCUT2D eigenvalue weighted by Crippen LogP contribution is 2.43. The van der Waals surface area contributed by atoms with E-state index in [1.54, 1.807) is 11.3 Å². The summed E-state index contributed by atoms with van der Waals surface area (Å²) in [7, 11) is 0. The summed E-state index contributed by atoms with van der Waals surface area (Å²) in [5.41, 5.74) is 4.08. The summed E-state index contributed by atoms with van der Waals surface area (Å²) in [5.74, 6) is -0.366. The van der Waals surface area contributed by atoms with Crippen molar-refractivity contribution in [3.63, 3.8) is 0 Å². The van der Waals surface area contributed by atoms with Gasteiger partial charge in [-0.25, -0.2) is 0 Å². The molecule has 2 atom stereocenters. The van der Waals surface area contributed by atoms with Crippen LogP contribution in [0.1, 0.15) is 57.7 Å². The molecule has 178 valence electrons. The van der Waals surface area contributed by atoms with Gasteiger partial charge in [-0.15, -0.1) is 11.3 Å². The second kappa shape index (κ2) is 11.0. The molecule has 3 aromatic rings. The van der Waals surface area contributed by atoms with Crippen molar-refractivity contribution in [1.82, 2.24) is 4.90 Å². The summed E-state index contributed by atoms with van der Waals surface area (Å²) < 4.78 is 5.35. The maximum Gasteiger partial charge on any atom is 0.310 e. The zero-order chi connectivity index (χ0) is 24.1. The van der Waals surface area contributed by atoms with E-state index >= 15 is 0 Å². The minimum absolute atomic E-state index is 0.0607. The number of ether oxygens (including phenoxy) is 1. The number of amides is 1. The van der Waals surface area contributed by atoms with Crippen LogP contribution < -0.4 is 5.32 Å². The van der Waals surface area contributed by atoms with E-state index in [4.69, 9.17) is 4.74 Å². The fraction of sp³-hybridized carbons (Fsp3) is 0.357. The Labute approximate surface area is 205 Å². The highest BCUT2D eigenvalue weighted by molar-refractivity contribution is 7.16. The second-order valence-electron chi connectivity index (χ2n) is 8.75. The number of likely N-dealkylation sites (tertiary alicyclic amines) is 1. The maximum absolute atomic E-state index is 13.1. The topological polar surface area (TPSA) is 58.6 Å². The van der Waals surface area contributed by atoms with Gasteiger partial charge in [0.2, 0.25) is 0 Å². The monoisotopic (exact) mass is 476 g/mol. The Bertz CT molecular complexity index is 1130. The lowest BCUT2D eigenvalue weighted by atomic mass is 9.90. The molecule has 4 rings (SSSR count). The van der Waals surface area contributed by atoms with E-state index in [9.17, 15) is 9.59 Å². The number of thiophene rings is 1. The van der Waals surface area contributed by atoms with Crippen LogP contribution in [-0.2, 0) is 9.53 Å². The molecule has 1 aliphatic rings. The molecular weight excluding hydrogens is 444 g/mol. The van der Waals surface area contributed by atoms with Crippen molar-refractivity contribution in [3.05, 3.63) is 87.8 Å². The van der Waals surface area contributed by atoms with Gasteiger partial charge in [-0.3, -0.25) is 14.5 Å². The first-order valence-electron chi connectivity index (χ1n) is 11.9. The largest absolute Gasteiger partial charge is 0.466 e. The van der Waals surface area contributed by atoms with Crippen LogP contribution in [-0.4, -0.2) is 36.5 Å². The van der Waals surface area contributed by atoms with Gasteiger partial charge in [-0.2, -0.15) is 0 Å². The fourth-order valence-electron chi connectivity index (χ4n) is 4.72. The number of rotatable bonds is 7. The van der Waals surface area contributed by atoms with Gasteiger partial charge in [-0.05, 0) is 63.4 Å². The summed E-state index contributed by atoms with van der Waals surface area (Å²) in [6.07, 6.45) is 1.77. The summed E-state index contributed by atoms with van der Waals surface area (Å²) in [6.45, 7) is 8.00. The van der Waals surface area contributed by atoms with Crippen molar-refractivity contribution in [2.45, 2.75) is 39.7 Å². The number of carbonyl (C=O) groups excluding carboxylic acids is 2. The number of nitrogens with one attached hydrogen (secondary N) is 1. The average Bonchev–Trinajstić information content (AvgIpc) is 3.13. The number of carbonyl (C=O) groups is 2. The third kappa shape index (κ3) is 5.24. The molecule has 0 bridgehead atoms. The summed E-state index contributed by atoms with van der Waals surface area (Å²) in [5, 5.41) is 4.06. The zero-order valence-corrected chi connectivity index (χ0v) is 20.9. The first-order chi connectivity index (χ1) is 16.5. The SMILES string of the molecule is CCOC(=O)[C@@H]1CCCN([C@H](c2ccccc2)c2c(NC(=O)c3ccccc3)sc(C)c2C)C1. The van der Waals surface area contributed by atoms with Gasteiger partial charge < -0.3 is 10.1 Å². The van der Waals surface area contributed by atoms with Gasteiger partial charge in [0.25, 0.3) is 5.91 Å². The Kier molecular flexibility index (Phi) is 7.80. The van der Waals surface area contributed by atoms with Gasteiger partial charge in [0.1, 0.15) is 5.00 Å². The van der Waals surface area contributed by atoms with E-state index in [0.29, 0.717) is 18.7 Å². The lowest BCUT2D eigenvalue weighted by molar-refractivity contribution is -0.150. The molecule has 0 unspecified atom stereocenters. The number of benzene rings is 2. The van der Waals surface area contributed by atoms with Crippen LogP contribution >= 0.6 is 11.3 Å². The molecular formula is C28H32N2O3S. The molecule has 0 saturated carbocycles. The van der Waals surface area contributed by atoms with E-state index < -0.39 is 0 Å². The van der Waals surface area contributed by atoms with Crippen LogP contribution in [0.4, 0.5) is 5.00 Å². The van der Waals surface area contributed by atoms with Gasteiger partial charge in [0.15, 0.2) is 0 Å². The number of aryl methyl sites for hydroxylation is 1. The predicted molar refractivity (Wildman–Crippen MR) is 137 cm³/mol. The van der Waals surface area contributed by atoms with Crippen molar-refractivity contribution in [3.8, 4) is 0 Å². The number of nitrogens with zero attached hydrogens (tertiary/aromatic N) is 1. The quantitative estimate of drug-likeness (QED) is 0.426. The Hall–Kier alpha value is -2.96. The highest BCUT2D eigenvalue weighted by atomic mass is 32.1. The Morgan fingerprint density at radius 2 is 1.76 bits per heavy atom. The van der Waals surface area contributed by atoms with E-state index in [1.165, 1.54) is 10.4 Å². The number of hydrogen-bond acceptors (Lipinski definition) is 5. The number of piperidine rings is 1. The van der Waals surface area contributed by atoms with Crippen LogP contribution in [0, 0.1) is 19.8 Å². The van der Waals surface area contributed by atoms with Crippen molar-refractivity contribution in [1.29, 1.82) is 0 Å². The van der Waals surface area contributed by atoms with Gasteiger partial charge in [-0.1, -0.05) is 48.5 Å². The number of hydrogen-bond donors (Lipinski definition) is 1. The van der Waals surface area contributed by atoms with Crippen molar-refractivity contribution in [2.75, 3.05) is 25.0 Å². The summed E-state index contributed by atoms with van der Waals surface area (Å²) >= 11 is 1.62. The van der Waals surface area contributed by atoms with E-state index in [-0.39, 0.29) is 23.8 Å². The van der Waals surface area contributed by atoms with Crippen LogP contribution in [0.2, 0.25) is 0 Å². The second-order valence-corrected chi connectivity index (χ2v) is 9.97. The van der Waals surface area contributed by atoms with Gasteiger partial charge >= 0.3 is 5.97 Å². The van der Waals surface area contributed by atoms with Crippen LogP contribution in [0.5, 0.6) is 0 Å². The number of esters is 1. The predicted octanol–water partition coefficient (Wildman–Crippen LogP) is 5.98. The van der Waals surface area contributed by atoms with Crippen molar-refractivity contribution in [2.24, 2.45) is 5.92 Å². The molecule has 6 heteroatoms. The third-order valence-electron chi connectivity index (χ3n) is 6.52. The van der Waals surface area contributed by atoms with Gasteiger partial charge in [0.05, 0.1) is 18.6 Å². The normalized spacial score (nSPS) is 17.2. The molecule has 0 aliphatic carbocycles. The minimum atomic E-state index is -0.137. The van der Waals surface area contributed by atoms with Gasteiger partial charge in [0, 0.05) is 22.5 Å². The molecule has 34 heavy (non-hydrogen) atoms. The molecule has 1 saturated heterocycles. The molecule has 1 amide bonds. The zero-order valence-electron chi connectivity index (χ0n) is 20.0. The molecule has 2 aromatic carbocycles. The fourth-order valence-corrected chi connectivity index (χ4v) is 5.81. The molecule has 5 nitrogen and oxygen atoms in total. The third-order valence-corrected chi connectivity index (χ3v) is 7.66. The first kappa shape index (κ1) is 24.2. The average molecular weight is 477 g/mol. The summed E-state index contributed by atoms with van der Waals surface area (Å²) in [6, 6.07) is 19.6. The molecule has 1 N–H and O–H groups in total. The smallest absolute Gasteiger partial charge is 0.310 e. The Balaban J connectivity index is 1.73. The summed E-state index contributed by atoms with van der Waals surface area (Å²) in [4.78, 5) is 29.2. The van der Waals surface area contributed by atoms with Crippen LogP contribution in [0.15, 0.2) is 60.7 Å². The van der Waals surface area contributed by atoms with E-state index in [1.807, 2.05) is 55.5 Å². The maximum atomic E-state index is 13.1. The number of anilines is 1. The highest BCUT2D eigenvalue weighted by Gasteiger charge is 2.35. The molecule has 0 radical (unpaired) electrons. The van der Waals surface area contributed by atoms with Crippen LogP contribution in [0.25, 0.3) is 0 Å². The van der Waals surface area contributed by atoms with E-state index in [0.717, 1.165) is 35.5 Å². The minimum Gasteiger partial charge on any atom is -0.466 e. The van der Waals surface area contributed by atoms with Crippen molar-refractivity contribution >= 4 is 28.2 Å². The molecule has 1 aromatic heterocycles. The lowest BCUT2D eigenvalue weighted by Gasteiger charge is -2.38. The molecule has 1 fully saturated rings. The van der Waals surface area contributed by atoms with Crippen molar-refractivity contribution < 1.29 is 14.3 Å². The van der Waals surface area contributed by atoms with E-state index in [2.05, 4.69) is 36.2 Å². The Morgan fingerprint density at radius 1 is 1.09 bits per heavy atom. The lowest BCUT2D eigenvalue weighted by Crippen LogP contribution is -2.42. The molecule has 1 aliphatic heterocycles.